The van der Waals surface area contributed by atoms with Crippen molar-refractivity contribution in [2.24, 2.45) is 0 Å². The molecule has 1 aliphatic rings. The molecule has 4 rings (SSSR count). The summed E-state index contributed by atoms with van der Waals surface area (Å²) in [6.45, 7) is 2.53. The lowest BCUT2D eigenvalue weighted by molar-refractivity contribution is -0.123. The van der Waals surface area contributed by atoms with Gasteiger partial charge in [-0.25, -0.2) is 4.39 Å². The normalized spacial score (nSPS) is 16.7. The second-order valence-electron chi connectivity index (χ2n) is 6.60. The zero-order valence-electron chi connectivity index (χ0n) is 15.2. The number of rotatable bonds is 5. The predicted octanol–water partition coefficient (Wildman–Crippen LogP) is 1.46. The number of hydrogen-bond donors (Lipinski definition) is 4. The molecule has 1 atom stereocenters. The summed E-state index contributed by atoms with van der Waals surface area (Å²) in [5.41, 5.74) is 4.06. The molecule has 1 aromatic carbocycles. The molecule has 1 unspecified atom stereocenters. The van der Waals surface area contributed by atoms with Gasteiger partial charge in [-0.1, -0.05) is 0 Å². The van der Waals surface area contributed by atoms with E-state index < -0.39 is 0 Å². The molecule has 0 aliphatic carbocycles. The van der Waals surface area contributed by atoms with Gasteiger partial charge >= 0.3 is 0 Å². The summed E-state index contributed by atoms with van der Waals surface area (Å²) in [7, 11) is 0. The average Bonchev–Trinajstić information content (AvgIpc) is 3.17. The van der Waals surface area contributed by atoms with E-state index in [1.54, 1.807) is 24.5 Å². The van der Waals surface area contributed by atoms with Crippen LogP contribution in [0.2, 0.25) is 0 Å². The minimum absolute atomic E-state index is 0.0641. The number of carbonyl (C=O) groups is 1. The maximum atomic E-state index is 13.3. The fraction of sp³-hybridized carbons (Fsp3) is 0.250. The predicted molar refractivity (Wildman–Crippen MR) is 104 cm³/mol. The molecule has 3 aromatic rings. The zero-order valence-corrected chi connectivity index (χ0v) is 15.2. The van der Waals surface area contributed by atoms with Gasteiger partial charge in [-0.2, -0.15) is 5.10 Å². The van der Waals surface area contributed by atoms with Gasteiger partial charge in [0.2, 0.25) is 5.91 Å². The van der Waals surface area contributed by atoms with Crippen molar-refractivity contribution in [3.05, 3.63) is 60.3 Å². The maximum Gasteiger partial charge on any atom is 0.238 e. The molecule has 1 saturated heterocycles. The van der Waals surface area contributed by atoms with Crippen LogP contribution in [0, 0.1) is 5.82 Å². The number of halogens is 1. The van der Waals surface area contributed by atoms with Crippen LogP contribution in [0.3, 0.4) is 0 Å². The molecule has 28 heavy (non-hydrogen) atoms. The molecule has 0 radical (unpaired) electrons. The third-order valence-electron chi connectivity index (χ3n) is 4.72. The summed E-state index contributed by atoms with van der Waals surface area (Å²) in [6, 6.07) is 9.71. The second kappa shape index (κ2) is 8.28. The molecular formula is C20H21FN6O. The number of aromatic nitrogens is 3. The zero-order chi connectivity index (χ0) is 19.3. The van der Waals surface area contributed by atoms with Gasteiger partial charge < -0.3 is 16.0 Å². The topological polar surface area (TPSA) is 94.7 Å². The largest absolute Gasteiger partial charge is 0.349 e. The number of nitrogens with zero attached hydrogens (tertiary/aromatic N) is 2. The van der Waals surface area contributed by atoms with Crippen LogP contribution in [0.15, 0.2) is 48.8 Å². The van der Waals surface area contributed by atoms with Crippen LogP contribution in [0.4, 0.5) is 4.39 Å². The maximum absolute atomic E-state index is 13.3. The summed E-state index contributed by atoms with van der Waals surface area (Å²) in [6.07, 6.45) is 3.41. The Balaban J connectivity index is 1.62. The standard InChI is InChI=1S/C20H21FN6O/c21-15-3-1-14(2-4-15)19-18(13-5-7-22-8-6-13)16(26-27-19)12-25-20(28)17-11-23-9-10-24-17/h1-8,17,23-24H,9-12H2,(H,25,28)(H,26,27). The van der Waals surface area contributed by atoms with Crippen LogP contribution in [0.5, 0.6) is 0 Å². The van der Waals surface area contributed by atoms with E-state index in [1.165, 1.54) is 12.1 Å². The van der Waals surface area contributed by atoms with E-state index in [9.17, 15) is 9.18 Å². The Morgan fingerprint density at radius 2 is 1.89 bits per heavy atom. The summed E-state index contributed by atoms with van der Waals surface area (Å²) < 4.78 is 13.3. The van der Waals surface area contributed by atoms with Crippen molar-refractivity contribution in [3.8, 4) is 22.4 Å². The van der Waals surface area contributed by atoms with Crippen LogP contribution in [-0.2, 0) is 11.3 Å². The Labute approximate surface area is 161 Å². The minimum atomic E-state index is -0.300. The number of benzene rings is 1. The molecule has 2 aromatic heterocycles. The molecule has 1 aliphatic heterocycles. The average molecular weight is 380 g/mol. The number of piperazine rings is 1. The smallest absolute Gasteiger partial charge is 0.238 e. The number of H-pyrrole nitrogens is 1. The van der Waals surface area contributed by atoms with E-state index in [2.05, 4.69) is 31.1 Å². The lowest BCUT2D eigenvalue weighted by atomic mass is 9.99. The highest BCUT2D eigenvalue weighted by molar-refractivity contribution is 5.84. The Morgan fingerprint density at radius 3 is 2.61 bits per heavy atom. The van der Waals surface area contributed by atoms with Gasteiger partial charge in [-0.3, -0.25) is 14.9 Å². The lowest BCUT2D eigenvalue weighted by Gasteiger charge is -2.23. The Morgan fingerprint density at radius 1 is 1.11 bits per heavy atom. The third kappa shape index (κ3) is 3.92. The number of carbonyl (C=O) groups excluding carboxylic acids is 1. The van der Waals surface area contributed by atoms with Crippen molar-refractivity contribution < 1.29 is 9.18 Å². The van der Waals surface area contributed by atoms with Gasteiger partial charge in [0.15, 0.2) is 0 Å². The van der Waals surface area contributed by atoms with Crippen molar-refractivity contribution in [3.63, 3.8) is 0 Å². The van der Waals surface area contributed by atoms with Crippen LogP contribution >= 0.6 is 0 Å². The first-order valence-corrected chi connectivity index (χ1v) is 9.18. The first-order chi connectivity index (χ1) is 13.7. The highest BCUT2D eigenvalue weighted by Gasteiger charge is 2.22. The highest BCUT2D eigenvalue weighted by Crippen LogP contribution is 2.33. The van der Waals surface area contributed by atoms with E-state index in [4.69, 9.17) is 0 Å². The van der Waals surface area contributed by atoms with Crippen molar-refractivity contribution in [2.75, 3.05) is 19.6 Å². The molecule has 0 spiro atoms. The fourth-order valence-electron chi connectivity index (χ4n) is 3.29. The summed E-state index contributed by atoms with van der Waals surface area (Å²) in [5, 5.41) is 16.8. The van der Waals surface area contributed by atoms with Gasteiger partial charge in [0.25, 0.3) is 0 Å². The minimum Gasteiger partial charge on any atom is -0.349 e. The van der Waals surface area contributed by atoms with E-state index in [1.807, 2.05) is 12.1 Å². The van der Waals surface area contributed by atoms with E-state index >= 15 is 0 Å². The molecule has 0 bridgehead atoms. The Kier molecular flexibility index (Phi) is 5.41. The van der Waals surface area contributed by atoms with Crippen LogP contribution < -0.4 is 16.0 Å². The van der Waals surface area contributed by atoms with Crippen LogP contribution in [-0.4, -0.2) is 46.8 Å². The summed E-state index contributed by atoms with van der Waals surface area (Å²) in [4.78, 5) is 16.5. The number of nitrogens with one attached hydrogen (secondary N) is 4. The Hall–Kier alpha value is -3.10. The molecular weight excluding hydrogens is 359 g/mol. The molecule has 4 N–H and O–H groups in total. The van der Waals surface area contributed by atoms with Crippen molar-refractivity contribution in [2.45, 2.75) is 12.6 Å². The monoisotopic (exact) mass is 380 g/mol. The Bertz CT molecular complexity index is 935. The summed E-state index contributed by atoms with van der Waals surface area (Å²) >= 11 is 0. The van der Waals surface area contributed by atoms with Crippen LogP contribution in [0.25, 0.3) is 22.4 Å². The van der Waals surface area contributed by atoms with E-state index in [0.29, 0.717) is 18.8 Å². The first kappa shape index (κ1) is 18.3. The molecule has 7 nitrogen and oxygen atoms in total. The highest BCUT2D eigenvalue weighted by atomic mass is 19.1. The van der Waals surface area contributed by atoms with Gasteiger partial charge in [-0.15, -0.1) is 0 Å². The fourth-order valence-corrected chi connectivity index (χ4v) is 3.29. The molecule has 3 heterocycles. The lowest BCUT2D eigenvalue weighted by Crippen LogP contribution is -2.55. The van der Waals surface area contributed by atoms with Gasteiger partial charge in [0, 0.05) is 43.2 Å². The van der Waals surface area contributed by atoms with Crippen molar-refractivity contribution in [1.82, 2.24) is 31.1 Å². The molecule has 1 amide bonds. The third-order valence-corrected chi connectivity index (χ3v) is 4.72. The van der Waals surface area contributed by atoms with Gasteiger partial charge in [0.05, 0.1) is 18.3 Å². The van der Waals surface area contributed by atoms with Crippen molar-refractivity contribution in [1.29, 1.82) is 0 Å². The van der Waals surface area contributed by atoms with Gasteiger partial charge in [-0.05, 0) is 42.0 Å². The van der Waals surface area contributed by atoms with Crippen molar-refractivity contribution >= 4 is 5.91 Å². The molecule has 0 saturated carbocycles. The first-order valence-electron chi connectivity index (χ1n) is 9.18. The number of pyridine rings is 1. The molecule has 1 fully saturated rings. The molecule has 8 heteroatoms. The van der Waals surface area contributed by atoms with E-state index in [0.717, 1.165) is 35.5 Å². The van der Waals surface area contributed by atoms with Gasteiger partial charge in [0.1, 0.15) is 11.5 Å². The molecule has 144 valence electrons. The van der Waals surface area contributed by atoms with E-state index in [-0.39, 0.29) is 17.8 Å². The quantitative estimate of drug-likeness (QED) is 0.538. The summed E-state index contributed by atoms with van der Waals surface area (Å²) in [5.74, 6) is -0.364. The number of hydrogen-bond acceptors (Lipinski definition) is 5. The second-order valence-corrected chi connectivity index (χ2v) is 6.60. The van der Waals surface area contributed by atoms with Crippen LogP contribution in [0.1, 0.15) is 5.69 Å². The SMILES string of the molecule is O=C(NCc1[nH]nc(-c2ccc(F)cc2)c1-c1ccncc1)C1CNCCN1. The number of aromatic amines is 1. The number of amides is 1.